The topological polar surface area (TPSA) is 134 Å². The third kappa shape index (κ3) is 12.4. The first kappa shape index (κ1) is 38.1. The summed E-state index contributed by atoms with van der Waals surface area (Å²) in [5, 5.41) is 16.6. The molecule has 0 spiro atoms. The van der Waals surface area contributed by atoms with Gasteiger partial charge in [-0.15, -0.1) is 0 Å². The Labute approximate surface area is 274 Å². The van der Waals surface area contributed by atoms with Gasteiger partial charge in [0, 0.05) is 18.0 Å². The van der Waals surface area contributed by atoms with Crippen LogP contribution in [0.2, 0.25) is 0 Å². The van der Waals surface area contributed by atoms with Gasteiger partial charge in [0.05, 0.1) is 0 Å². The Bertz CT molecular complexity index is 1330. The van der Waals surface area contributed by atoms with E-state index in [-0.39, 0.29) is 17.7 Å². The molecule has 0 heterocycles. The number of nitrogens with zero attached hydrogens (tertiary/aromatic N) is 1. The molecule has 0 bridgehead atoms. The van der Waals surface area contributed by atoms with Gasteiger partial charge in [0.25, 0.3) is 0 Å². The Morgan fingerprint density at radius 1 is 0.848 bits per heavy atom. The van der Waals surface area contributed by atoms with Gasteiger partial charge in [0.15, 0.2) is 0 Å². The van der Waals surface area contributed by atoms with E-state index in [0.717, 1.165) is 12.0 Å². The molecule has 46 heavy (non-hydrogen) atoms. The van der Waals surface area contributed by atoms with Gasteiger partial charge in [-0.1, -0.05) is 62.4 Å². The lowest BCUT2D eigenvalue weighted by molar-refractivity contribution is -0.159. The summed E-state index contributed by atoms with van der Waals surface area (Å²) >= 11 is 0. The summed E-state index contributed by atoms with van der Waals surface area (Å²) in [6.45, 7) is 17.6. The van der Waals surface area contributed by atoms with Crippen molar-refractivity contribution in [2.45, 2.75) is 118 Å². The summed E-state index contributed by atoms with van der Waals surface area (Å²) in [7, 11) is 0. The molecule has 254 valence electrons. The number of aromatic hydroxyl groups is 1. The van der Waals surface area contributed by atoms with Gasteiger partial charge in [-0.2, -0.15) is 0 Å². The van der Waals surface area contributed by atoms with Gasteiger partial charge in [-0.05, 0) is 85.3 Å². The first-order valence-electron chi connectivity index (χ1n) is 15.9. The van der Waals surface area contributed by atoms with Crippen molar-refractivity contribution in [1.29, 1.82) is 0 Å². The Kier molecular flexibility index (Phi) is 13.6. The van der Waals surface area contributed by atoms with Crippen LogP contribution in [0, 0.1) is 12.8 Å². The first-order valence-corrected chi connectivity index (χ1v) is 15.9. The van der Waals surface area contributed by atoms with E-state index in [1.165, 1.54) is 4.90 Å². The fourth-order valence-corrected chi connectivity index (χ4v) is 4.90. The van der Waals surface area contributed by atoms with Crippen LogP contribution >= 0.6 is 0 Å². The Morgan fingerprint density at radius 3 is 2.02 bits per heavy atom. The van der Waals surface area contributed by atoms with Gasteiger partial charge in [-0.3, -0.25) is 9.59 Å². The van der Waals surface area contributed by atoms with E-state index in [1.807, 2.05) is 37.3 Å². The van der Waals surface area contributed by atoms with Crippen LogP contribution in [-0.4, -0.2) is 63.7 Å². The van der Waals surface area contributed by atoms with Gasteiger partial charge in [0.2, 0.25) is 11.8 Å². The van der Waals surface area contributed by atoms with E-state index in [4.69, 9.17) is 9.47 Å². The zero-order chi connectivity index (χ0) is 34.8. The third-order valence-electron chi connectivity index (χ3n) is 7.09. The number of phenols is 1. The summed E-state index contributed by atoms with van der Waals surface area (Å²) in [6, 6.07) is 11.3. The predicted molar refractivity (Wildman–Crippen MR) is 178 cm³/mol. The SMILES string of the molecule is Cc1cccc(C(C(=O)NC(Cc2ccccc2)C(=O)OC(C)(C)C)N(C(=O)CNC(=O)OC(C)(C)C)C(C)CCC(C)C)c1O. The highest BCUT2D eigenvalue weighted by molar-refractivity contribution is 5.93. The van der Waals surface area contributed by atoms with Gasteiger partial charge in [-0.25, -0.2) is 9.59 Å². The highest BCUT2D eigenvalue weighted by Crippen LogP contribution is 2.34. The van der Waals surface area contributed by atoms with Crippen molar-refractivity contribution >= 4 is 23.9 Å². The second-order valence-electron chi connectivity index (χ2n) is 14.2. The number of carbonyl (C=O) groups is 4. The number of nitrogens with one attached hydrogen (secondary N) is 2. The molecule has 0 aliphatic rings. The fourth-order valence-electron chi connectivity index (χ4n) is 4.90. The molecule has 0 aliphatic heterocycles. The third-order valence-corrected chi connectivity index (χ3v) is 7.09. The Hall–Kier alpha value is -4.08. The average Bonchev–Trinajstić information content (AvgIpc) is 2.93. The molecule has 0 saturated carbocycles. The normalized spacial score (nSPS) is 13.7. The van der Waals surface area contributed by atoms with E-state index < -0.39 is 59.7 Å². The lowest BCUT2D eigenvalue weighted by Crippen LogP contribution is -2.54. The van der Waals surface area contributed by atoms with Crippen molar-refractivity contribution in [3.05, 3.63) is 65.2 Å². The molecule has 0 saturated heterocycles. The van der Waals surface area contributed by atoms with E-state index in [0.29, 0.717) is 17.9 Å². The quantitative estimate of drug-likeness (QED) is 0.229. The van der Waals surface area contributed by atoms with E-state index >= 15 is 0 Å². The number of hydrogen-bond donors (Lipinski definition) is 3. The highest BCUT2D eigenvalue weighted by Gasteiger charge is 2.39. The molecule has 3 amide bonds. The summed E-state index contributed by atoms with van der Waals surface area (Å²) in [5.74, 6) is -1.68. The van der Waals surface area contributed by atoms with Gasteiger partial charge < -0.3 is 30.1 Å². The predicted octanol–water partition coefficient (Wildman–Crippen LogP) is 5.99. The molecule has 2 aromatic carbocycles. The molecule has 2 rings (SSSR count). The van der Waals surface area contributed by atoms with Crippen LogP contribution in [0.25, 0.3) is 0 Å². The fraction of sp³-hybridized carbons (Fsp3) is 0.556. The molecule has 2 aromatic rings. The molecule has 0 fully saturated rings. The van der Waals surface area contributed by atoms with Crippen LogP contribution in [0.1, 0.15) is 97.9 Å². The molecule has 10 nitrogen and oxygen atoms in total. The maximum absolute atomic E-state index is 14.5. The summed E-state index contributed by atoms with van der Waals surface area (Å²) in [5.41, 5.74) is -0.0817. The average molecular weight is 640 g/mol. The molecule has 0 aliphatic carbocycles. The Morgan fingerprint density at radius 2 is 1.46 bits per heavy atom. The number of benzene rings is 2. The molecular formula is C36H53N3O7. The van der Waals surface area contributed by atoms with E-state index in [1.54, 1.807) is 66.7 Å². The second-order valence-corrected chi connectivity index (χ2v) is 14.2. The molecule has 3 atom stereocenters. The maximum Gasteiger partial charge on any atom is 0.408 e. The molecule has 0 radical (unpaired) electrons. The number of aryl methyl sites for hydroxylation is 1. The van der Waals surface area contributed by atoms with Crippen LogP contribution in [0.15, 0.2) is 48.5 Å². The molecule has 10 heteroatoms. The van der Waals surface area contributed by atoms with Crippen molar-refractivity contribution in [3.8, 4) is 5.75 Å². The van der Waals surface area contributed by atoms with Crippen molar-refractivity contribution < 1.29 is 33.8 Å². The number of alkyl carbamates (subject to hydrolysis) is 1. The maximum atomic E-state index is 14.5. The van der Waals surface area contributed by atoms with Crippen LogP contribution in [0.3, 0.4) is 0 Å². The number of amides is 3. The van der Waals surface area contributed by atoms with E-state index in [9.17, 15) is 24.3 Å². The molecular weight excluding hydrogens is 586 g/mol. The van der Waals surface area contributed by atoms with Crippen LogP contribution in [0.5, 0.6) is 5.75 Å². The van der Waals surface area contributed by atoms with Crippen LogP contribution < -0.4 is 10.6 Å². The molecule has 0 aromatic heterocycles. The number of ether oxygens (including phenoxy) is 2. The largest absolute Gasteiger partial charge is 0.507 e. The number of phenolic OH excluding ortho intramolecular Hbond substituents is 1. The number of rotatable bonds is 13. The molecule has 3 N–H and O–H groups in total. The second kappa shape index (κ2) is 16.5. The summed E-state index contributed by atoms with van der Waals surface area (Å²) in [6.07, 6.45) is 0.673. The number of esters is 1. The first-order chi connectivity index (χ1) is 21.3. The zero-order valence-electron chi connectivity index (χ0n) is 29.1. The lowest BCUT2D eigenvalue weighted by atomic mass is 9.95. The number of hydrogen-bond acceptors (Lipinski definition) is 7. The monoisotopic (exact) mass is 639 g/mol. The Balaban J connectivity index is 2.61. The minimum atomic E-state index is -1.34. The molecule has 3 unspecified atom stereocenters. The van der Waals surface area contributed by atoms with Gasteiger partial charge >= 0.3 is 12.1 Å². The van der Waals surface area contributed by atoms with Crippen molar-refractivity contribution in [3.63, 3.8) is 0 Å². The van der Waals surface area contributed by atoms with Crippen molar-refractivity contribution in [2.75, 3.05) is 6.54 Å². The van der Waals surface area contributed by atoms with Crippen LogP contribution in [-0.2, 0) is 30.3 Å². The summed E-state index contributed by atoms with van der Waals surface area (Å²) in [4.78, 5) is 55.8. The van der Waals surface area contributed by atoms with Crippen molar-refractivity contribution in [2.24, 2.45) is 5.92 Å². The summed E-state index contributed by atoms with van der Waals surface area (Å²) < 4.78 is 11.0. The van der Waals surface area contributed by atoms with E-state index in [2.05, 4.69) is 24.5 Å². The smallest absolute Gasteiger partial charge is 0.408 e. The standard InChI is InChI=1S/C36H53N3O7/c1-23(2)19-20-25(4)39(29(40)22-37-34(44)46-36(8,9)10)30(27-18-14-15-24(3)31(27)41)32(42)38-28(33(43)45-35(5,6)7)21-26-16-12-11-13-17-26/h11-18,23,25,28,30,41H,19-22H2,1-10H3,(H,37,44)(H,38,42). The lowest BCUT2D eigenvalue weighted by Gasteiger charge is -2.37. The zero-order valence-corrected chi connectivity index (χ0v) is 29.1. The minimum Gasteiger partial charge on any atom is -0.507 e. The van der Waals surface area contributed by atoms with Crippen LogP contribution in [0.4, 0.5) is 4.79 Å². The van der Waals surface area contributed by atoms with Gasteiger partial charge in [0.1, 0.15) is 35.6 Å². The number of para-hydroxylation sites is 1. The minimum absolute atomic E-state index is 0.144. The highest BCUT2D eigenvalue weighted by atomic mass is 16.6. The van der Waals surface area contributed by atoms with Crippen molar-refractivity contribution in [1.82, 2.24) is 15.5 Å². The number of carbonyl (C=O) groups excluding carboxylic acids is 4.